The SMILES string of the molecule is CCCCCCCCc1c(O)ccc(S(=O)(=O)O)c1CCCCCCCC. The number of hydrogen-bond acceptors (Lipinski definition) is 3. The van der Waals surface area contributed by atoms with Crippen molar-refractivity contribution in [1.82, 2.24) is 0 Å². The van der Waals surface area contributed by atoms with Gasteiger partial charge in [0, 0.05) is 0 Å². The average molecular weight is 399 g/mol. The molecular weight excluding hydrogens is 360 g/mol. The molecule has 5 heteroatoms. The van der Waals surface area contributed by atoms with Gasteiger partial charge in [0.25, 0.3) is 10.1 Å². The number of rotatable bonds is 15. The summed E-state index contributed by atoms with van der Waals surface area (Å²) in [5.41, 5.74) is 1.32. The van der Waals surface area contributed by atoms with Gasteiger partial charge in [0.2, 0.25) is 0 Å². The highest BCUT2D eigenvalue weighted by molar-refractivity contribution is 7.85. The van der Waals surface area contributed by atoms with Crippen LogP contribution in [-0.2, 0) is 23.0 Å². The van der Waals surface area contributed by atoms with Gasteiger partial charge in [-0.25, -0.2) is 0 Å². The molecule has 0 aliphatic carbocycles. The molecule has 1 aromatic carbocycles. The van der Waals surface area contributed by atoms with Crippen molar-refractivity contribution in [3.63, 3.8) is 0 Å². The minimum Gasteiger partial charge on any atom is -0.508 e. The van der Waals surface area contributed by atoms with Gasteiger partial charge in [-0.2, -0.15) is 8.42 Å². The maximum atomic E-state index is 11.8. The van der Waals surface area contributed by atoms with E-state index < -0.39 is 10.1 Å². The summed E-state index contributed by atoms with van der Waals surface area (Å²) in [6.07, 6.45) is 14.8. The molecule has 0 aliphatic rings. The van der Waals surface area contributed by atoms with E-state index in [1.54, 1.807) is 0 Å². The van der Waals surface area contributed by atoms with Crippen LogP contribution in [0, 0.1) is 0 Å². The highest BCUT2D eigenvalue weighted by atomic mass is 32.2. The van der Waals surface area contributed by atoms with Crippen molar-refractivity contribution in [1.29, 1.82) is 0 Å². The predicted octanol–water partition coefficient (Wildman–Crippen LogP) is 6.44. The summed E-state index contributed by atoms with van der Waals surface area (Å²) in [4.78, 5) is -0.0326. The van der Waals surface area contributed by atoms with E-state index in [1.807, 2.05) is 0 Å². The largest absolute Gasteiger partial charge is 0.508 e. The zero-order valence-electron chi connectivity index (χ0n) is 17.2. The van der Waals surface area contributed by atoms with Gasteiger partial charge in [-0.15, -0.1) is 0 Å². The summed E-state index contributed by atoms with van der Waals surface area (Å²) in [5, 5.41) is 10.3. The number of aromatic hydroxyl groups is 1. The van der Waals surface area contributed by atoms with E-state index in [2.05, 4.69) is 13.8 Å². The zero-order valence-corrected chi connectivity index (χ0v) is 18.0. The quantitative estimate of drug-likeness (QED) is 0.263. The molecule has 0 amide bonds. The number of unbranched alkanes of at least 4 members (excludes halogenated alkanes) is 10. The van der Waals surface area contributed by atoms with Crippen molar-refractivity contribution in [2.24, 2.45) is 0 Å². The highest BCUT2D eigenvalue weighted by Gasteiger charge is 2.20. The third-order valence-electron chi connectivity index (χ3n) is 5.20. The van der Waals surface area contributed by atoms with Gasteiger partial charge in [0.1, 0.15) is 5.75 Å². The lowest BCUT2D eigenvalue weighted by molar-refractivity contribution is 0.460. The van der Waals surface area contributed by atoms with E-state index in [9.17, 15) is 18.1 Å². The Morgan fingerprint density at radius 2 is 1.15 bits per heavy atom. The monoisotopic (exact) mass is 398 g/mol. The van der Waals surface area contributed by atoms with E-state index in [4.69, 9.17) is 0 Å². The topological polar surface area (TPSA) is 74.6 Å². The van der Waals surface area contributed by atoms with Gasteiger partial charge < -0.3 is 5.11 Å². The first kappa shape index (κ1) is 24.0. The predicted molar refractivity (Wildman–Crippen MR) is 112 cm³/mol. The summed E-state index contributed by atoms with van der Waals surface area (Å²) < 4.78 is 33.2. The zero-order chi connectivity index (χ0) is 20.1. The van der Waals surface area contributed by atoms with Gasteiger partial charge in [-0.05, 0) is 48.9 Å². The molecule has 156 valence electrons. The Balaban J connectivity index is 2.79. The van der Waals surface area contributed by atoms with Crippen LogP contribution in [0.1, 0.15) is 102 Å². The molecule has 0 saturated heterocycles. The number of phenols is 1. The van der Waals surface area contributed by atoms with Crippen LogP contribution >= 0.6 is 0 Å². The molecule has 27 heavy (non-hydrogen) atoms. The van der Waals surface area contributed by atoms with Crippen LogP contribution < -0.4 is 0 Å². The fourth-order valence-corrected chi connectivity index (χ4v) is 4.39. The van der Waals surface area contributed by atoms with Crippen molar-refractivity contribution in [2.75, 3.05) is 0 Å². The second-order valence-electron chi connectivity index (χ2n) is 7.55. The Morgan fingerprint density at radius 3 is 1.63 bits per heavy atom. The average Bonchev–Trinajstić information content (AvgIpc) is 2.61. The molecule has 1 rings (SSSR count). The Morgan fingerprint density at radius 1 is 0.704 bits per heavy atom. The number of phenolic OH excluding ortho intramolecular Hbond substituents is 1. The van der Waals surface area contributed by atoms with Crippen LogP contribution in [0.2, 0.25) is 0 Å². The molecule has 0 radical (unpaired) electrons. The first-order valence-electron chi connectivity index (χ1n) is 10.7. The minimum absolute atomic E-state index is 0.0326. The standard InChI is InChI=1S/C22H38O4S/c1-3-5-7-9-11-13-15-19-20(16-14-12-10-8-6-4-2)22(27(24,25)26)18-17-21(19)23/h17-18,23H,3-16H2,1-2H3,(H,24,25,26). The Kier molecular flexibility index (Phi) is 11.7. The fourth-order valence-electron chi connectivity index (χ4n) is 3.62. The van der Waals surface area contributed by atoms with Gasteiger partial charge in [-0.3, -0.25) is 4.55 Å². The molecule has 1 aromatic rings. The maximum absolute atomic E-state index is 11.8. The van der Waals surface area contributed by atoms with Crippen molar-refractivity contribution in [3.05, 3.63) is 23.3 Å². The van der Waals surface area contributed by atoms with Crippen LogP contribution in [0.3, 0.4) is 0 Å². The van der Waals surface area contributed by atoms with Crippen LogP contribution in [0.15, 0.2) is 17.0 Å². The summed E-state index contributed by atoms with van der Waals surface area (Å²) in [6.45, 7) is 4.37. The van der Waals surface area contributed by atoms with Crippen LogP contribution in [0.25, 0.3) is 0 Å². The summed E-state index contributed by atoms with van der Waals surface area (Å²) in [7, 11) is -4.28. The summed E-state index contributed by atoms with van der Waals surface area (Å²) in [6, 6.07) is 2.74. The molecule has 0 bridgehead atoms. The van der Waals surface area contributed by atoms with Gasteiger partial charge in [0.15, 0.2) is 0 Å². The van der Waals surface area contributed by atoms with E-state index in [1.165, 1.54) is 57.1 Å². The van der Waals surface area contributed by atoms with Crippen molar-refractivity contribution < 1.29 is 18.1 Å². The second-order valence-corrected chi connectivity index (χ2v) is 8.94. The molecule has 0 heterocycles. The molecule has 0 fully saturated rings. The van der Waals surface area contributed by atoms with Crippen molar-refractivity contribution in [3.8, 4) is 5.75 Å². The van der Waals surface area contributed by atoms with Crippen molar-refractivity contribution >= 4 is 10.1 Å². The van der Waals surface area contributed by atoms with Crippen LogP contribution in [0.5, 0.6) is 5.75 Å². The van der Waals surface area contributed by atoms with Gasteiger partial charge in [-0.1, -0.05) is 78.1 Å². The fraction of sp³-hybridized carbons (Fsp3) is 0.727. The van der Waals surface area contributed by atoms with E-state index in [0.717, 1.165) is 32.1 Å². The molecular formula is C22H38O4S. The number of benzene rings is 1. The molecule has 0 spiro atoms. The molecule has 0 atom stereocenters. The maximum Gasteiger partial charge on any atom is 0.294 e. The Bertz CT molecular complexity index is 638. The lowest BCUT2D eigenvalue weighted by atomic mass is 9.95. The van der Waals surface area contributed by atoms with Crippen LogP contribution in [0.4, 0.5) is 0 Å². The Hall–Kier alpha value is -1.07. The summed E-state index contributed by atoms with van der Waals surface area (Å²) >= 11 is 0. The second kappa shape index (κ2) is 13.2. The molecule has 4 nitrogen and oxygen atoms in total. The molecule has 0 saturated carbocycles. The summed E-state index contributed by atoms with van der Waals surface area (Å²) in [5.74, 6) is 0.150. The molecule has 0 aromatic heterocycles. The normalized spacial score (nSPS) is 11.8. The van der Waals surface area contributed by atoms with Crippen LogP contribution in [-0.4, -0.2) is 18.1 Å². The third kappa shape index (κ3) is 9.11. The first-order chi connectivity index (χ1) is 12.9. The molecule has 2 N–H and O–H groups in total. The minimum atomic E-state index is -4.28. The lowest BCUT2D eigenvalue weighted by Crippen LogP contribution is -2.07. The van der Waals surface area contributed by atoms with Gasteiger partial charge >= 0.3 is 0 Å². The molecule has 0 aliphatic heterocycles. The third-order valence-corrected chi connectivity index (χ3v) is 6.14. The lowest BCUT2D eigenvalue weighted by Gasteiger charge is -2.15. The van der Waals surface area contributed by atoms with E-state index >= 15 is 0 Å². The van der Waals surface area contributed by atoms with Crippen molar-refractivity contribution in [2.45, 2.75) is 109 Å². The number of hydrogen-bond donors (Lipinski definition) is 2. The van der Waals surface area contributed by atoms with E-state index in [0.29, 0.717) is 24.0 Å². The molecule has 0 unspecified atom stereocenters. The van der Waals surface area contributed by atoms with Gasteiger partial charge in [0.05, 0.1) is 4.90 Å². The highest BCUT2D eigenvalue weighted by Crippen LogP contribution is 2.31. The van der Waals surface area contributed by atoms with E-state index in [-0.39, 0.29) is 10.6 Å². The first-order valence-corrected chi connectivity index (χ1v) is 12.2. The Labute approximate surface area is 166 Å². The smallest absolute Gasteiger partial charge is 0.294 e.